The van der Waals surface area contributed by atoms with Gasteiger partial charge in [0, 0.05) is 11.1 Å². The fraction of sp³-hybridized carbons (Fsp3) is 0.652. The molecule has 11 heteroatoms. The van der Waals surface area contributed by atoms with Crippen LogP contribution in [0.15, 0.2) is 34.3 Å². The lowest BCUT2D eigenvalue weighted by Crippen LogP contribution is -2.39. The quantitative estimate of drug-likeness (QED) is 0.203. The van der Waals surface area contributed by atoms with Crippen LogP contribution in [0.1, 0.15) is 53.9 Å². The lowest BCUT2D eigenvalue weighted by Gasteiger charge is -2.44. The second kappa shape index (κ2) is 18.5. The van der Waals surface area contributed by atoms with E-state index in [0.29, 0.717) is 6.54 Å². The van der Waals surface area contributed by atoms with Crippen molar-refractivity contribution < 1.29 is 44.7 Å². The largest absolute Gasteiger partial charge is 0.478 e. The summed E-state index contributed by atoms with van der Waals surface area (Å²) in [5.41, 5.74) is 0.408. The van der Waals surface area contributed by atoms with Gasteiger partial charge in [-0.2, -0.15) is 0 Å². The molecule has 1 saturated carbocycles. The molecule has 0 spiro atoms. The third-order valence-corrected chi connectivity index (χ3v) is 4.33. The van der Waals surface area contributed by atoms with Gasteiger partial charge in [0.25, 0.3) is 0 Å². The van der Waals surface area contributed by atoms with E-state index < -0.39 is 18.0 Å². The van der Waals surface area contributed by atoms with Crippen molar-refractivity contribution >= 4 is 24.1 Å². The molecule has 34 heavy (non-hydrogen) atoms. The molecule has 0 radical (unpaired) electrons. The summed E-state index contributed by atoms with van der Waals surface area (Å²) in [6, 6.07) is 0.00750. The third kappa shape index (κ3) is 20.9. The molecule has 0 aromatic carbocycles. The summed E-state index contributed by atoms with van der Waals surface area (Å²) in [6.45, 7) is 15.3. The molecular formula is C23H38N2O9. The number of hydrogen-bond donors (Lipinski definition) is 5. The number of carboxylic acid groups (broad SMARTS) is 2. The number of carboxylic acids is 2. The maximum Gasteiger partial charge on any atom is 0.330 e. The Morgan fingerprint density at radius 1 is 0.971 bits per heavy atom. The maximum atomic E-state index is 10.3. The molecule has 0 aliphatic heterocycles. The Morgan fingerprint density at radius 3 is 1.65 bits per heavy atom. The second-order valence-electron chi connectivity index (χ2n) is 9.03. The minimum atomic E-state index is -0.954. The van der Waals surface area contributed by atoms with Crippen LogP contribution >= 0.6 is 0 Å². The Morgan fingerprint density at radius 2 is 1.38 bits per heavy atom. The normalized spacial score (nSPS) is 19.6. The minimum Gasteiger partial charge on any atom is -0.478 e. The van der Waals surface area contributed by atoms with Crippen LogP contribution in [0.3, 0.4) is 0 Å². The maximum absolute atomic E-state index is 10.3. The Labute approximate surface area is 200 Å². The first kappa shape index (κ1) is 35.6. The molecule has 5 N–H and O–H groups in total. The fourth-order valence-corrected chi connectivity index (χ4v) is 3.15. The van der Waals surface area contributed by atoms with Gasteiger partial charge in [0.05, 0.1) is 25.8 Å². The molecule has 11 nitrogen and oxygen atoms in total. The molecule has 1 fully saturated rings. The predicted octanol–water partition coefficient (Wildman–Crippen LogP) is 1.87. The number of nitrogens with zero attached hydrogens (tertiary/aromatic N) is 2. The Kier molecular flexibility index (Phi) is 19.4. The molecule has 0 bridgehead atoms. The molecule has 1 rings (SSSR count). The molecule has 0 heterocycles. The number of isocyanates is 2. The molecule has 0 saturated heterocycles. The highest BCUT2D eigenvalue weighted by atomic mass is 16.4. The Bertz CT molecular complexity index is 714. The number of aliphatic hydroxyl groups is 3. The summed E-state index contributed by atoms with van der Waals surface area (Å²) in [5, 5.41) is 39.8. The van der Waals surface area contributed by atoms with Crippen LogP contribution in [0.4, 0.5) is 0 Å². The molecule has 0 amide bonds. The van der Waals surface area contributed by atoms with Gasteiger partial charge in [-0.05, 0) is 43.9 Å². The van der Waals surface area contributed by atoms with Crippen molar-refractivity contribution in [3.05, 3.63) is 24.3 Å². The van der Waals surface area contributed by atoms with Gasteiger partial charge in [0.2, 0.25) is 12.2 Å². The van der Waals surface area contributed by atoms with Crippen LogP contribution in [0.25, 0.3) is 0 Å². The smallest absolute Gasteiger partial charge is 0.330 e. The van der Waals surface area contributed by atoms with Gasteiger partial charge >= 0.3 is 11.9 Å². The van der Waals surface area contributed by atoms with Gasteiger partial charge in [0.1, 0.15) is 6.10 Å². The molecule has 2 unspecified atom stereocenters. The van der Waals surface area contributed by atoms with Crippen molar-refractivity contribution in [2.45, 2.75) is 66.0 Å². The van der Waals surface area contributed by atoms with Gasteiger partial charge in [-0.3, -0.25) is 0 Å². The fourth-order valence-electron chi connectivity index (χ4n) is 3.15. The molecular weight excluding hydrogens is 448 g/mol. The van der Waals surface area contributed by atoms with Gasteiger partial charge in [0.15, 0.2) is 0 Å². The average molecular weight is 487 g/mol. The average Bonchev–Trinajstić information content (AvgIpc) is 2.71. The van der Waals surface area contributed by atoms with E-state index in [-0.39, 0.29) is 41.2 Å². The van der Waals surface area contributed by atoms with Crippen LogP contribution in [-0.2, 0) is 19.2 Å². The first-order valence-corrected chi connectivity index (χ1v) is 10.3. The monoisotopic (exact) mass is 486 g/mol. The standard InChI is InChI=1S/C12H18N2O2.2C4H6O2.C3H8O3/c1-11(2)4-10(14-9-16)5-12(3,6-11)7-13-8-15;2*1-3(2)4(5)6;4-1-3(6)2-5/h10H,4-7H2,1-3H3;2*1H2,2H3,(H,5,6);3-6H,1-2H2. The van der Waals surface area contributed by atoms with Crippen molar-refractivity contribution in [2.24, 2.45) is 20.8 Å². The number of carbonyl (C=O) groups excluding carboxylic acids is 2. The van der Waals surface area contributed by atoms with E-state index in [2.05, 4.69) is 43.9 Å². The molecule has 1 aliphatic rings. The predicted molar refractivity (Wildman–Crippen MR) is 126 cm³/mol. The van der Waals surface area contributed by atoms with Crippen LogP contribution in [0.5, 0.6) is 0 Å². The van der Waals surface area contributed by atoms with E-state index in [1.165, 1.54) is 13.8 Å². The van der Waals surface area contributed by atoms with E-state index in [9.17, 15) is 19.2 Å². The highest BCUT2D eigenvalue weighted by molar-refractivity contribution is 5.85. The lowest BCUT2D eigenvalue weighted by molar-refractivity contribution is -0.133. The van der Waals surface area contributed by atoms with Crippen molar-refractivity contribution in [3.63, 3.8) is 0 Å². The number of aliphatic imine (C=N–C) groups is 2. The number of rotatable bonds is 7. The molecule has 2 atom stereocenters. The number of aliphatic carboxylic acids is 2. The zero-order valence-corrected chi connectivity index (χ0v) is 20.6. The molecule has 1 aliphatic carbocycles. The number of carbonyl (C=O) groups is 2. The van der Waals surface area contributed by atoms with E-state index >= 15 is 0 Å². The summed E-state index contributed by atoms with van der Waals surface area (Å²) in [5.74, 6) is -1.87. The van der Waals surface area contributed by atoms with Crippen LogP contribution in [0, 0.1) is 10.8 Å². The number of hydrogen-bond acceptors (Lipinski definition) is 9. The van der Waals surface area contributed by atoms with Crippen molar-refractivity contribution in [3.8, 4) is 0 Å². The summed E-state index contributed by atoms with van der Waals surface area (Å²) in [7, 11) is 0. The Balaban J connectivity index is -0.000000442. The zero-order chi connectivity index (χ0) is 27.5. The van der Waals surface area contributed by atoms with E-state index in [1.807, 2.05) is 0 Å². The van der Waals surface area contributed by atoms with Crippen LogP contribution < -0.4 is 0 Å². The van der Waals surface area contributed by atoms with Crippen LogP contribution in [-0.4, -0.2) is 81.5 Å². The first-order valence-electron chi connectivity index (χ1n) is 10.3. The van der Waals surface area contributed by atoms with Gasteiger partial charge in [-0.1, -0.05) is 33.9 Å². The Hall–Kier alpha value is -2.94. The molecule has 0 aromatic heterocycles. The van der Waals surface area contributed by atoms with Crippen molar-refractivity contribution in [1.82, 2.24) is 0 Å². The van der Waals surface area contributed by atoms with Gasteiger partial charge in [-0.15, -0.1) is 0 Å². The summed E-state index contributed by atoms with van der Waals surface area (Å²) in [4.78, 5) is 47.2. The third-order valence-electron chi connectivity index (χ3n) is 4.33. The molecule has 0 aromatic rings. The highest BCUT2D eigenvalue weighted by Gasteiger charge is 2.41. The number of aliphatic hydroxyl groups excluding tert-OH is 3. The van der Waals surface area contributed by atoms with Gasteiger partial charge in [-0.25, -0.2) is 29.2 Å². The minimum absolute atomic E-state index is 0.00750. The van der Waals surface area contributed by atoms with E-state index in [1.54, 1.807) is 12.2 Å². The van der Waals surface area contributed by atoms with Crippen molar-refractivity contribution in [2.75, 3.05) is 19.8 Å². The van der Waals surface area contributed by atoms with Crippen molar-refractivity contribution in [1.29, 1.82) is 0 Å². The SMILES string of the molecule is C=C(C)C(=O)O.C=C(C)C(=O)O.CC1(C)CC(N=C=O)CC(C)(CN=C=O)C1.OCC(O)CO. The van der Waals surface area contributed by atoms with E-state index in [0.717, 1.165) is 19.3 Å². The summed E-state index contributed by atoms with van der Waals surface area (Å²) in [6.07, 6.45) is 4.93. The van der Waals surface area contributed by atoms with Crippen LogP contribution in [0.2, 0.25) is 0 Å². The van der Waals surface area contributed by atoms with Gasteiger partial charge < -0.3 is 25.5 Å². The first-order chi connectivity index (χ1) is 15.5. The topological polar surface area (TPSA) is 194 Å². The lowest BCUT2D eigenvalue weighted by atomic mass is 9.63. The van der Waals surface area contributed by atoms with E-state index in [4.69, 9.17) is 25.5 Å². The zero-order valence-electron chi connectivity index (χ0n) is 20.6. The summed E-state index contributed by atoms with van der Waals surface area (Å²) < 4.78 is 0. The summed E-state index contributed by atoms with van der Waals surface area (Å²) >= 11 is 0. The molecule has 194 valence electrons. The second-order valence-corrected chi connectivity index (χ2v) is 9.03. The highest BCUT2D eigenvalue weighted by Crippen LogP contribution is 2.47.